The molecule has 1 heterocycles. The van der Waals surface area contributed by atoms with Crippen LogP contribution in [0.4, 0.5) is 11.4 Å². The predicted octanol–water partition coefficient (Wildman–Crippen LogP) is 2.95. The molecule has 2 aromatic carbocycles. The van der Waals surface area contributed by atoms with E-state index >= 15 is 0 Å². The van der Waals surface area contributed by atoms with Crippen LogP contribution in [-0.2, 0) is 14.8 Å². The number of ether oxygens (including phenoxy) is 2. The summed E-state index contributed by atoms with van der Waals surface area (Å²) in [5.41, 5.74) is 3.28. The van der Waals surface area contributed by atoms with Crippen LogP contribution in [0.15, 0.2) is 41.3 Å². The molecule has 1 N–H and O–H groups in total. The number of nitrogens with zero attached hydrogens (tertiary/aromatic N) is 1. The highest BCUT2D eigenvalue weighted by Gasteiger charge is 2.23. The zero-order chi connectivity index (χ0) is 18.7. The van der Waals surface area contributed by atoms with Crippen molar-refractivity contribution in [2.24, 2.45) is 0 Å². The molecule has 0 spiro atoms. The van der Waals surface area contributed by atoms with Gasteiger partial charge in [0.2, 0.25) is 0 Å². The summed E-state index contributed by atoms with van der Waals surface area (Å²) in [7, 11) is -2.31. The average Bonchev–Trinajstić information content (AvgIpc) is 2.64. The van der Waals surface area contributed by atoms with E-state index in [1.54, 1.807) is 18.2 Å². The molecule has 3 rings (SSSR count). The van der Waals surface area contributed by atoms with E-state index in [2.05, 4.69) is 9.62 Å². The molecule has 1 aliphatic heterocycles. The Morgan fingerprint density at radius 1 is 1.08 bits per heavy atom. The number of sulfonamides is 1. The highest BCUT2D eigenvalue weighted by Crippen LogP contribution is 2.32. The van der Waals surface area contributed by atoms with E-state index in [9.17, 15) is 8.42 Å². The topological polar surface area (TPSA) is 67.9 Å². The number of morpholine rings is 1. The van der Waals surface area contributed by atoms with Crippen LogP contribution < -0.4 is 14.4 Å². The largest absolute Gasteiger partial charge is 0.495 e. The summed E-state index contributed by atoms with van der Waals surface area (Å²) in [5.74, 6) is 0.337. The number of nitrogens with one attached hydrogen (secondary N) is 1. The second kappa shape index (κ2) is 7.55. The zero-order valence-electron chi connectivity index (χ0n) is 15.3. The van der Waals surface area contributed by atoms with Gasteiger partial charge in [0, 0.05) is 13.1 Å². The van der Waals surface area contributed by atoms with Crippen molar-refractivity contribution >= 4 is 21.4 Å². The smallest absolute Gasteiger partial charge is 0.265 e. The molecule has 0 unspecified atom stereocenters. The molecule has 0 radical (unpaired) electrons. The molecule has 0 saturated carbocycles. The highest BCUT2D eigenvalue weighted by atomic mass is 32.2. The Hall–Kier alpha value is -2.25. The maximum absolute atomic E-state index is 13.0. The number of para-hydroxylation sites is 2. The first-order valence-corrected chi connectivity index (χ1v) is 10.0. The molecule has 0 aromatic heterocycles. The van der Waals surface area contributed by atoms with E-state index in [0.29, 0.717) is 24.7 Å². The molecular formula is C19H24N2O4S. The number of methoxy groups -OCH3 is 1. The molecular weight excluding hydrogens is 352 g/mol. The lowest BCUT2D eigenvalue weighted by Crippen LogP contribution is -2.36. The predicted molar refractivity (Wildman–Crippen MR) is 103 cm³/mol. The molecule has 0 amide bonds. The molecule has 7 heteroatoms. The van der Waals surface area contributed by atoms with Crippen LogP contribution in [0.5, 0.6) is 5.75 Å². The Kier molecular flexibility index (Phi) is 5.38. The third-order valence-electron chi connectivity index (χ3n) is 4.57. The fourth-order valence-corrected chi connectivity index (χ4v) is 4.28. The van der Waals surface area contributed by atoms with Crippen LogP contribution in [0.25, 0.3) is 0 Å². The van der Waals surface area contributed by atoms with Gasteiger partial charge in [-0.15, -0.1) is 0 Å². The van der Waals surface area contributed by atoms with Crippen molar-refractivity contribution in [3.05, 3.63) is 47.5 Å². The second-order valence-corrected chi connectivity index (χ2v) is 7.96. The normalized spacial score (nSPS) is 15.0. The van der Waals surface area contributed by atoms with E-state index < -0.39 is 10.0 Å². The Morgan fingerprint density at radius 2 is 1.73 bits per heavy atom. The zero-order valence-corrected chi connectivity index (χ0v) is 16.1. The first kappa shape index (κ1) is 18.5. The second-order valence-electron chi connectivity index (χ2n) is 6.31. The van der Waals surface area contributed by atoms with Crippen LogP contribution in [0.1, 0.15) is 11.1 Å². The van der Waals surface area contributed by atoms with Crippen molar-refractivity contribution < 1.29 is 17.9 Å². The van der Waals surface area contributed by atoms with Gasteiger partial charge in [-0.05, 0) is 49.2 Å². The maximum atomic E-state index is 13.0. The van der Waals surface area contributed by atoms with Crippen molar-refractivity contribution in [2.75, 3.05) is 43.0 Å². The highest BCUT2D eigenvalue weighted by molar-refractivity contribution is 7.92. The van der Waals surface area contributed by atoms with Gasteiger partial charge in [0.15, 0.2) is 0 Å². The van der Waals surface area contributed by atoms with Crippen molar-refractivity contribution in [3.63, 3.8) is 0 Å². The summed E-state index contributed by atoms with van der Waals surface area (Å²) in [6, 6.07) is 10.8. The van der Waals surface area contributed by atoms with Crippen LogP contribution in [0.2, 0.25) is 0 Å². The monoisotopic (exact) mass is 376 g/mol. The SMILES string of the molecule is COc1cc(C)c(C)cc1S(=O)(=O)Nc1ccccc1N1CCOCC1. The summed E-state index contributed by atoms with van der Waals surface area (Å²) in [5, 5.41) is 0. The van der Waals surface area contributed by atoms with Crippen molar-refractivity contribution in [1.82, 2.24) is 0 Å². The molecule has 140 valence electrons. The Bertz CT molecular complexity index is 890. The van der Waals surface area contributed by atoms with Crippen LogP contribution >= 0.6 is 0 Å². The van der Waals surface area contributed by atoms with Gasteiger partial charge in [0.05, 0.1) is 31.7 Å². The molecule has 2 aromatic rings. The number of benzene rings is 2. The first-order chi connectivity index (χ1) is 12.4. The number of hydrogen-bond donors (Lipinski definition) is 1. The summed E-state index contributed by atoms with van der Waals surface area (Å²) in [6.45, 7) is 6.53. The van der Waals surface area contributed by atoms with Crippen LogP contribution in [-0.4, -0.2) is 41.8 Å². The van der Waals surface area contributed by atoms with E-state index in [-0.39, 0.29) is 4.90 Å². The van der Waals surface area contributed by atoms with Gasteiger partial charge in [-0.1, -0.05) is 12.1 Å². The van der Waals surface area contributed by atoms with Gasteiger partial charge in [-0.3, -0.25) is 4.72 Å². The van der Waals surface area contributed by atoms with Crippen molar-refractivity contribution in [2.45, 2.75) is 18.7 Å². The summed E-state index contributed by atoms with van der Waals surface area (Å²) in [6.07, 6.45) is 0. The third kappa shape index (κ3) is 3.78. The molecule has 1 saturated heterocycles. The Morgan fingerprint density at radius 3 is 2.42 bits per heavy atom. The van der Waals surface area contributed by atoms with Crippen molar-refractivity contribution in [1.29, 1.82) is 0 Å². The molecule has 0 atom stereocenters. The lowest BCUT2D eigenvalue weighted by molar-refractivity contribution is 0.123. The first-order valence-electron chi connectivity index (χ1n) is 8.52. The molecule has 26 heavy (non-hydrogen) atoms. The van der Waals surface area contributed by atoms with Crippen LogP contribution in [0, 0.1) is 13.8 Å². The number of anilines is 2. The molecule has 1 fully saturated rings. The lowest BCUT2D eigenvalue weighted by atomic mass is 10.1. The van der Waals surface area contributed by atoms with E-state index in [1.807, 2.05) is 32.0 Å². The van der Waals surface area contributed by atoms with Gasteiger partial charge >= 0.3 is 0 Å². The molecule has 0 aliphatic carbocycles. The van der Waals surface area contributed by atoms with Gasteiger partial charge in [0.1, 0.15) is 10.6 Å². The van der Waals surface area contributed by atoms with Gasteiger partial charge in [0.25, 0.3) is 10.0 Å². The average molecular weight is 376 g/mol. The summed E-state index contributed by atoms with van der Waals surface area (Å²) < 4.78 is 39.5. The minimum absolute atomic E-state index is 0.139. The Labute approximate surface area is 154 Å². The standard InChI is InChI=1S/C19H24N2O4S/c1-14-12-18(24-3)19(13-15(14)2)26(22,23)20-16-6-4-5-7-17(16)21-8-10-25-11-9-21/h4-7,12-13,20H,8-11H2,1-3H3. The quantitative estimate of drug-likeness (QED) is 0.869. The van der Waals surface area contributed by atoms with Crippen molar-refractivity contribution in [3.8, 4) is 5.75 Å². The fourth-order valence-electron chi connectivity index (χ4n) is 2.97. The third-order valence-corrected chi connectivity index (χ3v) is 5.96. The molecule has 0 bridgehead atoms. The number of rotatable bonds is 5. The summed E-state index contributed by atoms with van der Waals surface area (Å²) in [4.78, 5) is 2.26. The fraction of sp³-hybridized carbons (Fsp3) is 0.368. The van der Waals surface area contributed by atoms with E-state index in [0.717, 1.165) is 29.9 Å². The Balaban J connectivity index is 1.97. The summed E-state index contributed by atoms with van der Waals surface area (Å²) >= 11 is 0. The number of aryl methyl sites for hydroxylation is 2. The maximum Gasteiger partial charge on any atom is 0.265 e. The number of hydrogen-bond acceptors (Lipinski definition) is 5. The molecule has 1 aliphatic rings. The van der Waals surface area contributed by atoms with E-state index in [4.69, 9.17) is 9.47 Å². The lowest BCUT2D eigenvalue weighted by Gasteiger charge is -2.30. The van der Waals surface area contributed by atoms with E-state index in [1.165, 1.54) is 7.11 Å². The van der Waals surface area contributed by atoms with Gasteiger partial charge < -0.3 is 14.4 Å². The molecule has 6 nitrogen and oxygen atoms in total. The van der Waals surface area contributed by atoms with Gasteiger partial charge in [-0.25, -0.2) is 8.42 Å². The van der Waals surface area contributed by atoms with Crippen LogP contribution in [0.3, 0.4) is 0 Å². The van der Waals surface area contributed by atoms with Gasteiger partial charge in [-0.2, -0.15) is 0 Å². The minimum Gasteiger partial charge on any atom is -0.495 e. The minimum atomic E-state index is -3.79.